The van der Waals surface area contributed by atoms with Crippen LogP contribution in [0.5, 0.6) is 0 Å². The van der Waals surface area contributed by atoms with Crippen molar-refractivity contribution in [3.05, 3.63) is 35.9 Å². The molecule has 0 aliphatic carbocycles. The monoisotopic (exact) mass is 398 g/mol. The highest BCUT2D eigenvalue weighted by Crippen LogP contribution is 2.47. The van der Waals surface area contributed by atoms with E-state index in [2.05, 4.69) is 36.3 Å². The van der Waals surface area contributed by atoms with Crippen molar-refractivity contribution in [1.82, 2.24) is 20.0 Å². The third kappa shape index (κ3) is 3.52. The number of nitrogens with zero attached hydrogens (tertiary/aromatic N) is 3. The fourth-order valence-electron chi connectivity index (χ4n) is 5.26. The molecule has 1 aromatic carbocycles. The van der Waals surface area contributed by atoms with Crippen molar-refractivity contribution >= 4 is 17.8 Å². The van der Waals surface area contributed by atoms with Gasteiger partial charge in [-0.1, -0.05) is 43.2 Å². The van der Waals surface area contributed by atoms with Crippen molar-refractivity contribution in [2.24, 2.45) is 0 Å². The van der Waals surface area contributed by atoms with E-state index in [0.717, 1.165) is 42.7 Å². The van der Waals surface area contributed by atoms with Gasteiger partial charge in [0, 0.05) is 5.54 Å². The number of hydrogen-bond acceptors (Lipinski definition) is 4. The number of likely N-dealkylation sites (N-methyl/N-ethyl adjacent to an activating group) is 1. The van der Waals surface area contributed by atoms with Crippen molar-refractivity contribution in [2.75, 3.05) is 26.7 Å². The Hall–Kier alpha value is -2.41. The molecule has 3 aliphatic heterocycles. The van der Waals surface area contributed by atoms with Gasteiger partial charge in [0.1, 0.15) is 6.54 Å². The van der Waals surface area contributed by atoms with Gasteiger partial charge in [0.2, 0.25) is 5.91 Å². The van der Waals surface area contributed by atoms with Crippen LogP contribution in [0.1, 0.15) is 50.6 Å². The second kappa shape index (κ2) is 7.78. The number of hydrogen-bond donors (Lipinski definition) is 1. The molecule has 4 amide bonds. The normalized spacial score (nSPS) is 30.7. The summed E-state index contributed by atoms with van der Waals surface area (Å²) in [5, 5.41) is 2.51. The summed E-state index contributed by atoms with van der Waals surface area (Å²) in [6, 6.07) is 9.66. The number of rotatable bonds is 3. The van der Waals surface area contributed by atoms with Crippen LogP contribution in [0.25, 0.3) is 0 Å². The summed E-state index contributed by atoms with van der Waals surface area (Å²) in [7, 11) is 2.16. The molecule has 3 saturated heterocycles. The van der Waals surface area contributed by atoms with E-state index >= 15 is 0 Å². The molecule has 3 aliphatic rings. The first-order valence-corrected chi connectivity index (χ1v) is 10.6. The molecule has 7 heteroatoms. The number of carbonyl (C=O) groups is 3. The minimum Gasteiger partial charge on any atom is -0.329 e. The first-order chi connectivity index (χ1) is 13.9. The number of urea groups is 1. The summed E-state index contributed by atoms with van der Waals surface area (Å²) in [4.78, 5) is 43.0. The van der Waals surface area contributed by atoms with E-state index in [1.165, 1.54) is 6.42 Å². The van der Waals surface area contributed by atoms with Gasteiger partial charge in [-0.25, -0.2) is 4.79 Å². The highest BCUT2D eigenvalue weighted by molar-refractivity contribution is 6.04. The van der Waals surface area contributed by atoms with Gasteiger partial charge in [0.25, 0.3) is 5.91 Å². The Morgan fingerprint density at radius 3 is 2.62 bits per heavy atom. The summed E-state index contributed by atoms with van der Waals surface area (Å²) in [5.41, 5.74) is 0.979. The maximum atomic E-state index is 13.5. The predicted octanol–water partition coefficient (Wildman–Crippen LogP) is 2.14. The fraction of sp³-hybridized carbons (Fsp3) is 0.591. The second-order valence-corrected chi connectivity index (χ2v) is 8.71. The second-order valence-electron chi connectivity index (χ2n) is 8.71. The number of carbonyl (C=O) groups excluding carboxylic acids is 3. The zero-order chi connectivity index (χ0) is 20.6. The summed E-state index contributed by atoms with van der Waals surface area (Å²) >= 11 is 0. The van der Waals surface area contributed by atoms with Crippen LogP contribution in [0, 0.1) is 0 Å². The Bertz CT molecular complexity index is 783. The van der Waals surface area contributed by atoms with Crippen molar-refractivity contribution in [3.63, 3.8) is 0 Å². The van der Waals surface area contributed by atoms with Crippen LogP contribution in [0.3, 0.4) is 0 Å². The largest absolute Gasteiger partial charge is 0.329 e. The molecule has 1 N–H and O–H groups in total. The average Bonchev–Trinajstić information content (AvgIpc) is 3.19. The smallest absolute Gasteiger partial charge is 0.325 e. The number of amides is 4. The number of nitrogens with one attached hydrogen (secondary N) is 1. The van der Waals surface area contributed by atoms with E-state index in [1.54, 1.807) is 0 Å². The predicted molar refractivity (Wildman–Crippen MR) is 109 cm³/mol. The molecular weight excluding hydrogens is 368 g/mol. The molecule has 0 spiro atoms. The molecule has 7 nitrogen and oxygen atoms in total. The van der Waals surface area contributed by atoms with E-state index in [0.29, 0.717) is 0 Å². The molecule has 3 fully saturated rings. The Balaban J connectivity index is 1.69. The first-order valence-electron chi connectivity index (χ1n) is 10.6. The van der Waals surface area contributed by atoms with Gasteiger partial charge in [-0.2, -0.15) is 0 Å². The van der Waals surface area contributed by atoms with Gasteiger partial charge >= 0.3 is 6.03 Å². The van der Waals surface area contributed by atoms with E-state index in [-0.39, 0.29) is 42.5 Å². The van der Waals surface area contributed by atoms with Crippen molar-refractivity contribution < 1.29 is 14.4 Å². The van der Waals surface area contributed by atoms with Crippen molar-refractivity contribution in [1.29, 1.82) is 0 Å². The van der Waals surface area contributed by atoms with Gasteiger partial charge < -0.3 is 10.2 Å². The first kappa shape index (κ1) is 19.9. The third-order valence-corrected chi connectivity index (χ3v) is 7.04. The maximum absolute atomic E-state index is 13.5. The summed E-state index contributed by atoms with van der Waals surface area (Å²) in [6.07, 6.45) is 5.20. The van der Waals surface area contributed by atoms with Crippen molar-refractivity contribution in [2.45, 2.75) is 56.7 Å². The molecule has 1 aromatic rings. The van der Waals surface area contributed by atoms with E-state index < -0.39 is 6.03 Å². The molecule has 156 valence electrons. The molecule has 0 saturated carbocycles. The summed E-state index contributed by atoms with van der Waals surface area (Å²) in [6.45, 7) is 3.06. The Labute approximate surface area is 172 Å². The van der Waals surface area contributed by atoms with Crippen LogP contribution in [-0.4, -0.2) is 70.8 Å². The fourth-order valence-corrected chi connectivity index (χ4v) is 5.26. The van der Waals surface area contributed by atoms with Gasteiger partial charge in [0.05, 0.1) is 18.6 Å². The lowest BCUT2D eigenvalue weighted by Crippen LogP contribution is -2.56. The van der Waals surface area contributed by atoms with Gasteiger partial charge in [-0.15, -0.1) is 0 Å². The molecule has 0 unspecified atom stereocenters. The van der Waals surface area contributed by atoms with E-state index in [9.17, 15) is 14.4 Å². The standard InChI is InChI=1S/C22H30N4O3/c1-22-13-17(16-9-5-3-6-10-16)26(18(22)11-7-4-8-12-24(22)2)20(28)15-25-19(27)14-23-21(25)29/h3,5-6,9-10,17-18H,4,7-8,11-15H2,1-2H3,(H,23,29)/t17-,18-,22-/m0/s1. The molecule has 3 heterocycles. The van der Waals surface area contributed by atoms with Crippen LogP contribution in [-0.2, 0) is 9.59 Å². The van der Waals surface area contributed by atoms with Gasteiger partial charge in [0.15, 0.2) is 0 Å². The Morgan fingerprint density at radius 2 is 1.93 bits per heavy atom. The SMILES string of the molecule is CN1CCCCC[C@@H]2N(C(=O)CN3C(=O)CNC3=O)[C@H](c3ccccc3)C[C@@]21C. The number of likely N-dealkylation sites (tertiary alicyclic amines) is 2. The quantitative estimate of drug-likeness (QED) is 0.792. The minimum absolute atomic E-state index is 0.0297. The van der Waals surface area contributed by atoms with Crippen LogP contribution >= 0.6 is 0 Å². The molecular formula is C22H30N4O3. The van der Waals surface area contributed by atoms with Crippen molar-refractivity contribution in [3.8, 4) is 0 Å². The van der Waals surface area contributed by atoms with Gasteiger partial charge in [-0.3, -0.25) is 19.4 Å². The topological polar surface area (TPSA) is 73.0 Å². The molecule has 0 aromatic heterocycles. The van der Waals surface area contributed by atoms with E-state index in [1.807, 2.05) is 23.1 Å². The molecule has 4 rings (SSSR count). The van der Waals surface area contributed by atoms with Crippen LogP contribution < -0.4 is 5.32 Å². The highest BCUT2D eigenvalue weighted by Gasteiger charge is 2.53. The lowest BCUT2D eigenvalue weighted by molar-refractivity contribution is -0.139. The lowest BCUT2D eigenvalue weighted by Gasteiger charge is -2.44. The maximum Gasteiger partial charge on any atom is 0.325 e. The van der Waals surface area contributed by atoms with Crippen LogP contribution in [0.2, 0.25) is 0 Å². The minimum atomic E-state index is -0.476. The highest BCUT2D eigenvalue weighted by atomic mass is 16.2. The Morgan fingerprint density at radius 1 is 1.17 bits per heavy atom. The molecule has 3 atom stereocenters. The van der Waals surface area contributed by atoms with Gasteiger partial charge in [-0.05, 0) is 45.3 Å². The van der Waals surface area contributed by atoms with Crippen LogP contribution in [0.4, 0.5) is 4.79 Å². The molecule has 29 heavy (non-hydrogen) atoms. The summed E-state index contributed by atoms with van der Waals surface area (Å²) < 4.78 is 0. The number of fused-ring (bicyclic) bond motifs is 1. The number of benzene rings is 1. The zero-order valence-corrected chi connectivity index (χ0v) is 17.3. The number of imide groups is 1. The lowest BCUT2D eigenvalue weighted by atomic mass is 9.84. The average molecular weight is 399 g/mol. The summed E-state index contributed by atoms with van der Waals surface area (Å²) in [5.74, 6) is -0.483. The Kier molecular flexibility index (Phi) is 5.34. The molecule has 0 radical (unpaired) electrons. The van der Waals surface area contributed by atoms with Crippen LogP contribution in [0.15, 0.2) is 30.3 Å². The zero-order valence-electron chi connectivity index (χ0n) is 17.3. The van der Waals surface area contributed by atoms with E-state index in [4.69, 9.17) is 0 Å². The third-order valence-electron chi connectivity index (χ3n) is 7.04. The molecule has 0 bridgehead atoms.